The first-order valence-electron chi connectivity index (χ1n) is 9.93. The minimum Gasteiger partial charge on any atom is -0.490 e. The van der Waals surface area contributed by atoms with Gasteiger partial charge in [-0.25, -0.2) is 23.1 Å². The van der Waals surface area contributed by atoms with E-state index in [0.29, 0.717) is 37.6 Å². The third-order valence-corrected chi connectivity index (χ3v) is 6.87. The zero-order valence-electron chi connectivity index (χ0n) is 17.2. The van der Waals surface area contributed by atoms with Crippen molar-refractivity contribution in [1.82, 2.24) is 20.2 Å². The van der Waals surface area contributed by atoms with Gasteiger partial charge in [-0.1, -0.05) is 15.9 Å². The third-order valence-electron chi connectivity index (χ3n) is 5.47. The quantitative estimate of drug-likeness (QED) is 0.445. The van der Waals surface area contributed by atoms with Crippen LogP contribution < -0.4 is 14.5 Å². The van der Waals surface area contributed by atoms with Crippen LogP contribution in [0.15, 0.2) is 27.5 Å². The number of aromatic nitrogens is 4. The molecule has 4 rings (SSSR count). The molecule has 1 fully saturated rings. The predicted octanol–water partition coefficient (Wildman–Crippen LogP) is 4.54. The summed E-state index contributed by atoms with van der Waals surface area (Å²) in [6.07, 6.45) is 1.50. The Kier molecular flexibility index (Phi) is 6.80. The smallest absolute Gasteiger partial charge is 0.200 e. The first-order valence-corrected chi connectivity index (χ1v) is 11.5. The number of benzene rings is 1. The fourth-order valence-electron chi connectivity index (χ4n) is 3.58. The molecule has 2 aromatic heterocycles. The van der Waals surface area contributed by atoms with Crippen LogP contribution in [-0.2, 0) is 0 Å². The Morgan fingerprint density at radius 2 is 1.78 bits per heavy atom. The van der Waals surface area contributed by atoms with Gasteiger partial charge in [0.05, 0.1) is 5.39 Å². The number of H-pyrrole nitrogens is 1. The van der Waals surface area contributed by atoms with Crippen molar-refractivity contribution in [2.24, 2.45) is 0 Å². The zero-order valence-corrected chi connectivity index (χ0v) is 20.4. The lowest BCUT2D eigenvalue weighted by molar-refractivity contribution is 0.0351. The van der Waals surface area contributed by atoms with Crippen molar-refractivity contribution in [1.29, 1.82) is 0 Å². The van der Waals surface area contributed by atoms with Crippen LogP contribution in [0.1, 0.15) is 5.56 Å². The van der Waals surface area contributed by atoms with E-state index in [-0.39, 0.29) is 0 Å². The Labute approximate surface area is 199 Å². The van der Waals surface area contributed by atoms with Gasteiger partial charge in [0.15, 0.2) is 5.65 Å². The Bertz CT molecular complexity index is 1100. The number of hydrogen-bond donors (Lipinski definition) is 1. The molecule has 0 radical (unpaired) electrons. The van der Waals surface area contributed by atoms with Crippen LogP contribution in [-0.4, -0.2) is 72.0 Å². The molecule has 0 amide bonds. The summed E-state index contributed by atoms with van der Waals surface area (Å²) < 4.78 is 46.5. The lowest BCUT2D eigenvalue weighted by Crippen LogP contribution is -2.47. The van der Waals surface area contributed by atoms with Crippen LogP contribution in [0.2, 0.25) is 0 Å². The number of fused-ring (bicyclic) bond motifs is 1. The number of anilines is 2. The predicted molar refractivity (Wildman–Crippen MR) is 124 cm³/mol. The number of nitrogens with zero attached hydrogens (tertiary/aromatic N) is 5. The largest absolute Gasteiger partial charge is 0.490 e. The topological polar surface area (TPSA) is 70.2 Å². The molecule has 0 bridgehead atoms. The summed E-state index contributed by atoms with van der Waals surface area (Å²) in [6.45, 7) is 1.25. The SMILES string of the molecule is Cc1c(Br)cc(OCC(F)(CF)CF)cc1N1CCN(c2ncnc3n[nH]c(Br)c23)CC1. The van der Waals surface area contributed by atoms with Crippen LogP contribution >= 0.6 is 31.9 Å². The molecule has 3 heterocycles. The van der Waals surface area contributed by atoms with Crippen LogP contribution in [0.4, 0.5) is 24.7 Å². The van der Waals surface area contributed by atoms with Gasteiger partial charge >= 0.3 is 0 Å². The van der Waals surface area contributed by atoms with Gasteiger partial charge in [-0.3, -0.25) is 5.10 Å². The molecular weight excluding hydrogens is 557 g/mol. The Hall–Kier alpha value is -2.08. The van der Waals surface area contributed by atoms with Crippen molar-refractivity contribution < 1.29 is 17.9 Å². The van der Waals surface area contributed by atoms with Crippen molar-refractivity contribution in [3.63, 3.8) is 0 Å². The molecule has 12 heteroatoms. The first kappa shape index (κ1) is 23.1. The maximum absolute atomic E-state index is 14.0. The van der Waals surface area contributed by atoms with E-state index in [0.717, 1.165) is 31.5 Å². The van der Waals surface area contributed by atoms with E-state index in [1.807, 2.05) is 6.92 Å². The summed E-state index contributed by atoms with van der Waals surface area (Å²) in [7, 11) is 0. The summed E-state index contributed by atoms with van der Waals surface area (Å²) >= 11 is 6.98. The second-order valence-electron chi connectivity index (χ2n) is 7.66. The standard InChI is InChI=1S/C20H21Br2F3N6O/c1-12-14(21)6-13(32-10-20(25,8-23)9-24)7-15(12)30-2-4-31(5-3-30)19-16-17(22)28-29-18(16)26-11-27-19/h6-7,11H,2-5,8-10H2,1H3,(H,26,27,28,29). The molecule has 0 saturated carbocycles. The van der Waals surface area contributed by atoms with Gasteiger partial charge in [-0.05, 0) is 34.5 Å². The molecule has 1 N–H and O–H groups in total. The highest BCUT2D eigenvalue weighted by molar-refractivity contribution is 9.10. The normalized spacial score (nSPS) is 14.9. The number of rotatable bonds is 7. The second kappa shape index (κ2) is 9.42. The van der Waals surface area contributed by atoms with E-state index in [9.17, 15) is 13.2 Å². The summed E-state index contributed by atoms with van der Waals surface area (Å²) in [5.74, 6) is 1.16. The molecule has 3 aromatic rings. The average molecular weight is 578 g/mol. The highest BCUT2D eigenvalue weighted by Gasteiger charge is 2.32. The van der Waals surface area contributed by atoms with Crippen LogP contribution in [0.5, 0.6) is 5.75 Å². The van der Waals surface area contributed by atoms with Crippen molar-refractivity contribution in [2.45, 2.75) is 12.6 Å². The van der Waals surface area contributed by atoms with E-state index >= 15 is 0 Å². The number of alkyl halides is 3. The Morgan fingerprint density at radius 3 is 2.47 bits per heavy atom. The number of aromatic amines is 1. The van der Waals surface area contributed by atoms with Gasteiger partial charge in [-0.2, -0.15) is 5.10 Å². The van der Waals surface area contributed by atoms with Gasteiger partial charge in [0, 0.05) is 42.4 Å². The van der Waals surface area contributed by atoms with Crippen LogP contribution in [0, 0.1) is 6.92 Å². The molecule has 172 valence electrons. The minimum atomic E-state index is -2.63. The van der Waals surface area contributed by atoms with Gasteiger partial charge in [-0.15, -0.1) is 0 Å². The molecular formula is C20H21Br2F3N6O. The van der Waals surface area contributed by atoms with Gasteiger partial charge in [0.2, 0.25) is 5.67 Å². The molecule has 1 aliphatic rings. The van der Waals surface area contributed by atoms with Gasteiger partial charge < -0.3 is 14.5 Å². The number of nitrogens with one attached hydrogen (secondary N) is 1. The Balaban J connectivity index is 1.50. The molecule has 7 nitrogen and oxygen atoms in total. The lowest BCUT2D eigenvalue weighted by Gasteiger charge is -2.37. The molecule has 0 spiro atoms. The number of halogens is 5. The molecule has 1 saturated heterocycles. The minimum absolute atomic E-state index is 0.351. The van der Waals surface area contributed by atoms with E-state index in [1.165, 1.54) is 6.33 Å². The van der Waals surface area contributed by atoms with E-state index in [4.69, 9.17) is 4.74 Å². The van der Waals surface area contributed by atoms with Gasteiger partial charge in [0.1, 0.15) is 42.5 Å². The van der Waals surface area contributed by atoms with E-state index in [1.54, 1.807) is 12.1 Å². The molecule has 0 unspecified atom stereocenters. The first-order chi connectivity index (χ1) is 15.3. The summed E-state index contributed by atoms with van der Waals surface area (Å²) in [6, 6.07) is 3.46. The fraction of sp³-hybridized carbons (Fsp3) is 0.450. The number of hydrogen-bond acceptors (Lipinski definition) is 6. The lowest BCUT2D eigenvalue weighted by atomic mass is 10.1. The fourth-order valence-corrected chi connectivity index (χ4v) is 4.45. The van der Waals surface area contributed by atoms with Crippen LogP contribution in [0.25, 0.3) is 11.0 Å². The summed E-state index contributed by atoms with van der Waals surface area (Å²) in [5.41, 5.74) is -0.126. The molecule has 1 aliphatic heterocycles. The van der Waals surface area contributed by atoms with Crippen molar-refractivity contribution in [3.05, 3.63) is 33.1 Å². The number of piperazine rings is 1. The summed E-state index contributed by atoms with van der Waals surface area (Å²) in [4.78, 5) is 13.0. The maximum atomic E-state index is 14.0. The van der Waals surface area contributed by atoms with E-state index < -0.39 is 25.6 Å². The monoisotopic (exact) mass is 576 g/mol. The van der Waals surface area contributed by atoms with Crippen molar-refractivity contribution >= 4 is 54.4 Å². The van der Waals surface area contributed by atoms with Gasteiger partial charge in [0.25, 0.3) is 0 Å². The average Bonchev–Trinajstić information content (AvgIpc) is 3.20. The second-order valence-corrected chi connectivity index (χ2v) is 9.31. The van der Waals surface area contributed by atoms with Crippen molar-refractivity contribution in [3.8, 4) is 5.75 Å². The maximum Gasteiger partial charge on any atom is 0.200 e. The molecule has 0 atom stereocenters. The van der Waals surface area contributed by atoms with E-state index in [2.05, 4.69) is 61.8 Å². The third kappa shape index (κ3) is 4.52. The van der Waals surface area contributed by atoms with Crippen LogP contribution in [0.3, 0.4) is 0 Å². The molecule has 32 heavy (non-hydrogen) atoms. The molecule has 1 aromatic carbocycles. The molecule has 0 aliphatic carbocycles. The van der Waals surface area contributed by atoms with Crippen molar-refractivity contribution in [2.75, 3.05) is 55.9 Å². The Morgan fingerprint density at radius 1 is 1.09 bits per heavy atom. The number of ether oxygens (including phenoxy) is 1. The summed E-state index contributed by atoms with van der Waals surface area (Å²) in [5, 5.41) is 7.88. The highest BCUT2D eigenvalue weighted by atomic mass is 79.9. The zero-order chi connectivity index (χ0) is 22.9. The highest BCUT2D eigenvalue weighted by Crippen LogP contribution is 2.35.